The van der Waals surface area contributed by atoms with Crippen molar-refractivity contribution in [3.63, 3.8) is 0 Å². The molecular weight excluding hydrogens is 789 g/mol. The molecular formula is C59H100O5. The maximum atomic E-state index is 12.8. The van der Waals surface area contributed by atoms with Crippen molar-refractivity contribution < 1.29 is 23.8 Å². The van der Waals surface area contributed by atoms with Gasteiger partial charge < -0.3 is 14.2 Å². The van der Waals surface area contributed by atoms with E-state index < -0.39 is 6.10 Å². The third-order valence-electron chi connectivity index (χ3n) is 11.1. The SMILES string of the molecule is CC/C=C\C/C=C\C/C=C\C/C=C\CCCCCCCCCOCC(COC(=O)CCCCCCC/C=C\C/C=C\CCCCC)OC(=O)CCCCCCC/C=C\C/C=C\CCC. The van der Waals surface area contributed by atoms with Crippen molar-refractivity contribution in [2.24, 2.45) is 0 Å². The Balaban J connectivity index is 4.32. The van der Waals surface area contributed by atoms with Gasteiger partial charge in [-0.1, -0.05) is 208 Å². The zero-order valence-electron chi connectivity index (χ0n) is 42.0. The molecule has 1 atom stereocenters. The fourth-order valence-electron chi connectivity index (χ4n) is 7.10. The van der Waals surface area contributed by atoms with Crippen molar-refractivity contribution in [1.82, 2.24) is 0 Å². The van der Waals surface area contributed by atoms with Crippen LogP contribution in [0.2, 0.25) is 0 Å². The molecule has 366 valence electrons. The van der Waals surface area contributed by atoms with Gasteiger partial charge in [-0.3, -0.25) is 9.59 Å². The van der Waals surface area contributed by atoms with E-state index in [1.807, 2.05) is 0 Å². The number of carbonyl (C=O) groups is 2. The summed E-state index contributed by atoms with van der Waals surface area (Å²) in [6, 6.07) is 0. The van der Waals surface area contributed by atoms with Crippen LogP contribution in [-0.2, 0) is 23.8 Å². The Morgan fingerprint density at radius 3 is 1.19 bits per heavy atom. The Labute approximate surface area is 396 Å². The van der Waals surface area contributed by atoms with Gasteiger partial charge in [0.2, 0.25) is 0 Å². The molecule has 0 aliphatic rings. The van der Waals surface area contributed by atoms with Crippen LogP contribution >= 0.6 is 0 Å². The number of carbonyl (C=O) groups excluding carboxylic acids is 2. The molecule has 0 aliphatic carbocycles. The minimum atomic E-state index is -0.560. The van der Waals surface area contributed by atoms with E-state index in [0.717, 1.165) is 109 Å². The minimum Gasteiger partial charge on any atom is -0.462 e. The fraction of sp³-hybridized carbons (Fsp3) is 0.695. The van der Waals surface area contributed by atoms with Crippen molar-refractivity contribution in [3.8, 4) is 0 Å². The lowest BCUT2D eigenvalue weighted by Gasteiger charge is -2.18. The van der Waals surface area contributed by atoms with Gasteiger partial charge in [-0.2, -0.15) is 0 Å². The second-order valence-corrected chi connectivity index (χ2v) is 17.4. The summed E-state index contributed by atoms with van der Waals surface area (Å²) in [5.41, 5.74) is 0. The molecule has 0 bridgehead atoms. The summed E-state index contributed by atoms with van der Waals surface area (Å²) in [6.45, 7) is 7.57. The average Bonchev–Trinajstić information content (AvgIpc) is 3.30. The second kappa shape index (κ2) is 54.2. The van der Waals surface area contributed by atoms with Gasteiger partial charge >= 0.3 is 11.9 Å². The van der Waals surface area contributed by atoms with E-state index in [9.17, 15) is 9.59 Å². The highest BCUT2D eigenvalue weighted by atomic mass is 16.6. The molecule has 0 saturated heterocycles. The van der Waals surface area contributed by atoms with Crippen molar-refractivity contribution in [1.29, 1.82) is 0 Å². The van der Waals surface area contributed by atoms with Gasteiger partial charge in [0.1, 0.15) is 6.61 Å². The minimum absolute atomic E-state index is 0.0632. The smallest absolute Gasteiger partial charge is 0.306 e. The first-order chi connectivity index (χ1) is 31.6. The lowest BCUT2D eigenvalue weighted by Crippen LogP contribution is -2.30. The molecule has 0 aromatic carbocycles. The summed E-state index contributed by atoms with van der Waals surface area (Å²) in [5, 5.41) is 0. The molecule has 0 aromatic heterocycles. The van der Waals surface area contributed by atoms with Crippen molar-refractivity contribution in [2.75, 3.05) is 19.8 Å². The number of unbranched alkanes of at least 4 members (excludes halogenated alkanes) is 21. The van der Waals surface area contributed by atoms with E-state index in [0.29, 0.717) is 19.4 Å². The molecule has 0 N–H and O–H groups in total. The van der Waals surface area contributed by atoms with Gasteiger partial charge in [0, 0.05) is 19.4 Å². The summed E-state index contributed by atoms with van der Waals surface area (Å²) in [7, 11) is 0. The first kappa shape index (κ1) is 60.8. The molecule has 5 nitrogen and oxygen atoms in total. The van der Waals surface area contributed by atoms with Gasteiger partial charge in [-0.25, -0.2) is 0 Å². The third-order valence-corrected chi connectivity index (χ3v) is 11.1. The number of hydrogen-bond acceptors (Lipinski definition) is 5. The van der Waals surface area contributed by atoms with Crippen molar-refractivity contribution in [2.45, 2.75) is 245 Å². The van der Waals surface area contributed by atoms with Crippen molar-refractivity contribution in [3.05, 3.63) is 97.2 Å². The Kier molecular flexibility index (Phi) is 51.5. The van der Waals surface area contributed by atoms with Crippen LogP contribution in [0, 0.1) is 0 Å². The number of rotatable bonds is 48. The van der Waals surface area contributed by atoms with Gasteiger partial charge in [0.25, 0.3) is 0 Å². The van der Waals surface area contributed by atoms with Gasteiger partial charge in [-0.05, 0) is 116 Å². The number of ether oxygens (including phenoxy) is 3. The molecule has 1 unspecified atom stereocenters. The summed E-state index contributed by atoms with van der Waals surface area (Å²) in [6.07, 6.45) is 72.7. The van der Waals surface area contributed by atoms with Crippen LogP contribution in [0.25, 0.3) is 0 Å². The van der Waals surface area contributed by atoms with Crippen molar-refractivity contribution >= 4 is 11.9 Å². The summed E-state index contributed by atoms with van der Waals surface area (Å²) < 4.78 is 17.4. The molecule has 0 radical (unpaired) electrons. The number of hydrogen-bond donors (Lipinski definition) is 0. The first-order valence-electron chi connectivity index (χ1n) is 26.8. The standard InChI is InChI=1S/C59H100O5/c1-4-7-10-13-16-19-22-25-27-28-29-30-31-33-36-39-42-45-48-51-54-62-55-57(64-59(61)53-50-47-44-41-38-34-24-21-18-15-12-9-6-3)56-63-58(60)52-49-46-43-40-37-35-32-26-23-20-17-14-11-8-5-2/h7,10,12,15-17,19-21,24-27,29-30,32,57H,4-6,8-9,11,13-14,18,22-23,28,31,33-56H2,1-3H3/b10-7-,15-12-,19-16-,20-17-,24-21-,27-25-,30-29-,32-26-. The van der Waals surface area contributed by atoms with E-state index in [1.54, 1.807) is 0 Å². The highest BCUT2D eigenvalue weighted by Crippen LogP contribution is 2.13. The van der Waals surface area contributed by atoms with Crippen LogP contribution in [0.3, 0.4) is 0 Å². The van der Waals surface area contributed by atoms with E-state index in [1.165, 1.54) is 96.3 Å². The van der Waals surface area contributed by atoms with Crippen LogP contribution < -0.4 is 0 Å². The Hall–Kier alpha value is -3.18. The first-order valence-corrected chi connectivity index (χ1v) is 26.8. The van der Waals surface area contributed by atoms with Gasteiger partial charge in [0.05, 0.1) is 6.61 Å². The zero-order valence-corrected chi connectivity index (χ0v) is 42.0. The zero-order chi connectivity index (χ0) is 46.3. The molecule has 0 spiro atoms. The Bertz CT molecular complexity index is 1230. The quantitative estimate of drug-likeness (QED) is 0.0346. The molecule has 0 aliphatic heterocycles. The molecule has 0 heterocycles. The maximum absolute atomic E-state index is 12.8. The van der Waals surface area contributed by atoms with Gasteiger partial charge in [-0.15, -0.1) is 0 Å². The fourth-order valence-corrected chi connectivity index (χ4v) is 7.10. The van der Waals surface area contributed by atoms with Crippen LogP contribution in [0.4, 0.5) is 0 Å². The largest absolute Gasteiger partial charge is 0.462 e. The lowest BCUT2D eigenvalue weighted by molar-refractivity contribution is -0.163. The van der Waals surface area contributed by atoms with E-state index >= 15 is 0 Å². The van der Waals surface area contributed by atoms with E-state index in [-0.39, 0.29) is 25.2 Å². The van der Waals surface area contributed by atoms with E-state index in [2.05, 4.69) is 118 Å². The third kappa shape index (κ3) is 51.5. The summed E-state index contributed by atoms with van der Waals surface area (Å²) in [4.78, 5) is 25.4. The molecule has 64 heavy (non-hydrogen) atoms. The highest BCUT2D eigenvalue weighted by molar-refractivity contribution is 5.70. The Morgan fingerprint density at radius 1 is 0.359 bits per heavy atom. The molecule has 0 saturated carbocycles. The van der Waals surface area contributed by atoms with Crippen LogP contribution in [0.1, 0.15) is 239 Å². The molecule has 0 aromatic rings. The average molecular weight is 889 g/mol. The summed E-state index contributed by atoms with van der Waals surface area (Å²) >= 11 is 0. The normalized spacial score (nSPS) is 13.0. The predicted octanol–water partition coefficient (Wildman–Crippen LogP) is 18.2. The molecule has 5 heteroatoms. The maximum Gasteiger partial charge on any atom is 0.306 e. The number of allylic oxidation sites excluding steroid dienone is 16. The van der Waals surface area contributed by atoms with Crippen LogP contribution in [0.15, 0.2) is 97.2 Å². The monoisotopic (exact) mass is 889 g/mol. The van der Waals surface area contributed by atoms with Crippen LogP contribution in [-0.4, -0.2) is 37.9 Å². The van der Waals surface area contributed by atoms with Crippen LogP contribution in [0.5, 0.6) is 0 Å². The molecule has 0 amide bonds. The number of esters is 2. The summed E-state index contributed by atoms with van der Waals surface area (Å²) in [5.74, 6) is -0.438. The lowest BCUT2D eigenvalue weighted by atomic mass is 10.1. The highest BCUT2D eigenvalue weighted by Gasteiger charge is 2.17. The molecule has 0 rings (SSSR count). The topological polar surface area (TPSA) is 61.8 Å². The Morgan fingerprint density at radius 2 is 0.734 bits per heavy atom. The van der Waals surface area contributed by atoms with E-state index in [4.69, 9.17) is 14.2 Å². The molecule has 0 fully saturated rings. The predicted molar refractivity (Wildman–Crippen MR) is 279 cm³/mol. The second-order valence-electron chi connectivity index (χ2n) is 17.4. The van der Waals surface area contributed by atoms with Gasteiger partial charge in [0.15, 0.2) is 6.10 Å².